The second-order valence-corrected chi connectivity index (χ2v) is 6.39. The molecule has 0 radical (unpaired) electrons. The van der Waals surface area contributed by atoms with Gasteiger partial charge in [0.05, 0.1) is 5.60 Å². The van der Waals surface area contributed by atoms with E-state index in [-0.39, 0.29) is 0 Å². The molecule has 0 aliphatic carbocycles. The highest BCUT2D eigenvalue weighted by atomic mass is 79.9. The number of hydrogen-bond donors (Lipinski definition) is 1. The van der Waals surface area contributed by atoms with Crippen molar-refractivity contribution in [2.45, 2.75) is 18.9 Å². The average molecular weight is 360 g/mol. The van der Waals surface area contributed by atoms with Crippen LogP contribution < -0.4 is 0 Å². The molecule has 4 heteroatoms. The molecule has 2 aromatic rings. The fourth-order valence-corrected chi connectivity index (χ4v) is 2.75. The fraction of sp³-hybridized carbons (Fsp3) is 0.200. The van der Waals surface area contributed by atoms with E-state index in [0.717, 1.165) is 15.6 Å². The van der Waals surface area contributed by atoms with Crippen LogP contribution in [-0.4, -0.2) is 5.11 Å². The predicted molar refractivity (Wildman–Crippen MR) is 83.9 cm³/mol. The Morgan fingerprint density at radius 3 is 2.11 bits per heavy atom. The Balaban J connectivity index is 2.33. The molecule has 2 rings (SSSR count). The molecule has 0 amide bonds. The van der Waals surface area contributed by atoms with Crippen molar-refractivity contribution in [2.24, 2.45) is 0 Å². The summed E-state index contributed by atoms with van der Waals surface area (Å²) in [5.41, 5.74) is 0.570. The van der Waals surface area contributed by atoms with E-state index in [9.17, 15) is 5.11 Å². The molecule has 0 heterocycles. The van der Waals surface area contributed by atoms with Gasteiger partial charge in [0.15, 0.2) is 0 Å². The van der Waals surface area contributed by atoms with Gasteiger partial charge >= 0.3 is 0 Å². The van der Waals surface area contributed by atoms with Crippen molar-refractivity contribution in [1.29, 1.82) is 0 Å². The van der Waals surface area contributed by atoms with Gasteiger partial charge in [0, 0.05) is 20.9 Å². The zero-order chi connectivity index (χ0) is 14.0. The maximum atomic E-state index is 10.6. The normalized spacial score (nSPS) is 14.2. The van der Waals surface area contributed by atoms with E-state index in [1.54, 1.807) is 25.1 Å². The summed E-state index contributed by atoms with van der Waals surface area (Å²) in [6.45, 7) is 1.76. The van der Waals surface area contributed by atoms with Crippen molar-refractivity contribution in [3.8, 4) is 0 Å². The molecule has 1 nitrogen and oxygen atoms in total. The molecule has 0 bridgehead atoms. The summed E-state index contributed by atoms with van der Waals surface area (Å²) in [5.74, 6) is 0. The van der Waals surface area contributed by atoms with Crippen molar-refractivity contribution >= 4 is 39.1 Å². The van der Waals surface area contributed by atoms with E-state index in [2.05, 4.69) is 15.9 Å². The molecule has 0 spiro atoms. The molecule has 1 atom stereocenters. The molecular weight excluding hydrogens is 347 g/mol. The van der Waals surface area contributed by atoms with Crippen molar-refractivity contribution in [1.82, 2.24) is 0 Å². The average Bonchev–Trinajstić information content (AvgIpc) is 2.35. The van der Waals surface area contributed by atoms with Gasteiger partial charge in [-0.05, 0) is 42.3 Å². The summed E-state index contributed by atoms with van der Waals surface area (Å²) in [6, 6.07) is 12.9. The lowest BCUT2D eigenvalue weighted by molar-refractivity contribution is 0.0576. The molecule has 0 saturated heterocycles. The van der Waals surface area contributed by atoms with Crippen LogP contribution in [0.15, 0.2) is 46.9 Å². The lowest BCUT2D eigenvalue weighted by Gasteiger charge is -2.25. The van der Waals surface area contributed by atoms with Crippen LogP contribution in [-0.2, 0) is 12.0 Å². The predicted octanol–water partition coefficient (Wildman–Crippen LogP) is 5.21. The van der Waals surface area contributed by atoms with E-state index < -0.39 is 5.60 Å². The Labute approximate surface area is 131 Å². The third-order valence-electron chi connectivity index (χ3n) is 3.05. The van der Waals surface area contributed by atoms with Crippen LogP contribution in [0.5, 0.6) is 0 Å². The molecule has 2 aromatic carbocycles. The van der Waals surface area contributed by atoms with Gasteiger partial charge < -0.3 is 5.11 Å². The van der Waals surface area contributed by atoms with Gasteiger partial charge in [-0.15, -0.1) is 0 Å². The second kappa shape index (κ2) is 5.84. The molecular formula is C15H13BrCl2O. The quantitative estimate of drug-likeness (QED) is 0.797. The highest BCUT2D eigenvalue weighted by molar-refractivity contribution is 9.10. The Morgan fingerprint density at radius 2 is 1.58 bits per heavy atom. The molecule has 0 aliphatic heterocycles. The number of halogens is 3. The first-order valence-corrected chi connectivity index (χ1v) is 7.36. The Kier molecular flexibility index (Phi) is 4.57. The Hall–Kier alpha value is -0.540. The van der Waals surface area contributed by atoms with Crippen LogP contribution >= 0.6 is 39.1 Å². The van der Waals surface area contributed by atoms with Gasteiger partial charge in [0.25, 0.3) is 0 Å². The lowest BCUT2D eigenvalue weighted by Crippen LogP contribution is -2.24. The number of hydrogen-bond acceptors (Lipinski definition) is 1. The molecule has 1 unspecified atom stereocenters. The van der Waals surface area contributed by atoms with Crippen molar-refractivity contribution < 1.29 is 5.11 Å². The summed E-state index contributed by atoms with van der Waals surface area (Å²) >= 11 is 15.7. The van der Waals surface area contributed by atoms with Gasteiger partial charge in [-0.2, -0.15) is 0 Å². The monoisotopic (exact) mass is 358 g/mol. The van der Waals surface area contributed by atoms with Gasteiger partial charge in [-0.1, -0.05) is 57.3 Å². The van der Waals surface area contributed by atoms with Crippen LogP contribution in [0.2, 0.25) is 10.0 Å². The standard InChI is InChI=1S/C15H13BrCl2O/c1-15(19,10-5-7-11(16)8-6-10)9-12-13(17)3-2-4-14(12)18/h2-8,19H,9H2,1H3. The molecule has 1 N–H and O–H groups in total. The van der Waals surface area contributed by atoms with Crippen LogP contribution in [0.3, 0.4) is 0 Å². The van der Waals surface area contributed by atoms with Crippen LogP contribution in [0.4, 0.5) is 0 Å². The van der Waals surface area contributed by atoms with Gasteiger partial charge in [0.1, 0.15) is 0 Å². The molecule has 0 aliphatic rings. The third-order valence-corrected chi connectivity index (χ3v) is 4.29. The van der Waals surface area contributed by atoms with Crippen LogP contribution in [0.1, 0.15) is 18.1 Å². The smallest absolute Gasteiger partial charge is 0.0909 e. The number of rotatable bonds is 3. The van der Waals surface area contributed by atoms with E-state index >= 15 is 0 Å². The summed E-state index contributed by atoms with van der Waals surface area (Å²) < 4.78 is 0.975. The van der Waals surface area contributed by atoms with Gasteiger partial charge in [0.2, 0.25) is 0 Å². The maximum Gasteiger partial charge on any atom is 0.0909 e. The molecule has 0 fully saturated rings. The van der Waals surface area contributed by atoms with E-state index in [1.165, 1.54) is 0 Å². The summed E-state index contributed by atoms with van der Waals surface area (Å²) in [7, 11) is 0. The zero-order valence-electron chi connectivity index (χ0n) is 10.3. The molecule has 100 valence electrons. The minimum Gasteiger partial charge on any atom is -0.385 e. The van der Waals surface area contributed by atoms with Gasteiger partial charge in [-0.25, -0.2) is 0 Å². The summed E-state index contributed by atoms with van der Waals surface area (Å²) in [4.78, 5) is 0. The Morgan fingerprint density at radius 1 is 1.05 bits per heavy atom. The van der Waals surface area contributed by atoms with Crippen LogP contribution in [0, 0.1) is 0 Å². The molecule has 0 saturated carbocycles. The minimum absolute atomic E-state index is 0.368. The van der Waals surface area contributed by atoms with Gasteiger partial charge in [-0.3, -0.25) is 0 Å². The van der Waals surface area contributed by atoms with E-state index in [0.29, 0.717) is 16.5 Å². The number of benzene rings is 2. The van der Waals surface area contributed by atoms with Crippen molar-refractivity contribution in [3.63, 3.8) is 0 Å². The number of aliphatic hydroxyl groups is 1. The second-order valence-electron chi connectivity index (χ2n) is 4.66. The SMILES string of the molecule is CC(O)(Cc1c(Cl)cccc1Cl)c1ccc(Br)cc1. The highest BCUT2D eigenvalue weighted by Gasteiger charge is 2.25. The lowest BCUT2D eigenvalue weighted by atomic mass is 9.89. The van der Waals surface area contributed by atoms with Crippen molar-refractivity contribution in [3.05, 3.63) is 68.1 Å². The van der Waals surface area contributed by atoms with E-state index in [1.807, 2.05) is 24.3 Å². The van der Waals surface area contributed by atoms with Crippen molar-refractivity contribution in [2.75, 3.05) is 0 Å². The molecule has 0 aromatic heterocycles. The summed E-state index contributed by atoms with van der Waals surface area (Å²) in [6.07, 6.45) is 0.368. The molecule has 19 heavy (non-hydrogen) atoms. The third kappa shape index (κ3) is 3.51. The topological polar surface area (TPSA) is 20.2 Å². The highest BCUT2D eigenvalue weighted by Crippen LogP contribution is 2.33. The zero-order valence-corrected chi connectivity index (χ0v) is 13.4. The Bertz CT molecular complexity index is 559. The summed E-state index contributed by atoms with van der Waals surface area (Å²) in [5, 5.41) is 11.8. The first kappa shape index (κ1) is 14.9. The first-order valence-electron chi connectivity index (χ1n) is 5.81. The largest absolute Gasteiger partial charge is 0.385 e. The first-order chi connectivity index (χ1) is 8.90. The van der Waals surface area contributed by atoms with Crippen LogP contribution in [0.25, 0.3) is 0 Å². The van der Waals surface area contributed by atoms with E-state index in [4.69, 9.17) is 23.2 Å². The maximum absolute atomic E-state index is 10.6. The minimum atomic E-state index is -1.02. The fourth-order valence-electron chi connectivity index (χ4n) is 1.96.